The van der Waals surface area contributed by atoms with E-state index in [1.54, 1.807) is 48.1 Å². The maximum atomic E-state index is 12.9. The van der Waals surface area contributed by atoms with Gasteiger partial charge < -0.3 is 20.1 Å². The molecule has 0 spiro atoms. The number of amides is 3. The third-order valence-corrected chi connectivity index (χ3v) is 5.08. The van der Waals surface area contributed by atoms with Crippen LogP contribution in [0, 0.1) is 0 Å². The lowest BCUT2D eigenvalue weighted by atomic mass is 10.1. The van der Waals surface area contributed by atoms with Crippen molar-refractivity contribution in [1.29, 1.82) is 0 Å². The summed E-state index contributed by atoms with van der Waals surface area (Å²) in [6, 6.07) is 7.41. The molecule has 1 saturated heterocycles. The van der Waals surface area contributed by atoms with E-state index in [1.807, 2.05) is 0 Å². The number of aryl methyl sites for hydroxylation is 1. The third-order valence-electron chi connectivity index (χ3n) is 4.85. The van der Waals surface area contributed by atoms with Gasteiger partial charge in [-0.15, -0.1) is 0 Å². The number of carbonyl (C=O) groups excluding carboxylic acids is 3. The molecule has 1 aromatic carbocycles. The Balaban J connectivity index is 1.56. The van der Waals surface area contributed by atoms with Crippen molar-refractivity contribution in [3.05, 3.63) is 52.8 Å². The molecule has 7 nitrogen and oxygen atoms in total. The van der Waals surface area contributed by atoms with Gasteiger partial charge in [-0.3, -0.25) is 14.4 Å². The second kappa shape index (κ2) is 6.17. The van der Waals surface area contributed by atoms with E-state index in [9.17, 15) is 14.4 Å². The lowest BCUT2D eigenvalue weighted by Gasteiger charge is -2.20. The molecule has 3 amide bonds. The minimum Gasteiger partial charge on any atom is -0.347 e. The van der Waals surface area contributed by atoms with Gasteiger partial charge in [-0.25, -0.2) is 0 Å². The van der Waals surface area contributed by atoms with Crippen LogP contribution in [0.1, 0.15) is 27.3 Å². The molecule has 2 aliphatic rings. The van der Waals surface area contributed by atoms with Crippen LogP contribution < -0.4 is 10.6 Å². The molecule has 3 heterocycles. The number of halogens is 1. The third kappa shape index (κ3) is 2.74. The zero-order valence-corrected chi connectivity index (χ0v) is 14.8. The molecule has 134 valence electrons. The Labute approximate surface area is 154 Å². The highest BCUT2D eigenvalue weighted by Gasteiger charge is 2.43. The zero-order valence-electron chi connectivity index (χ0n) is 14.0. The predicted molar refractivity (Wildman–Crippen MR) is 96.2 cm³/mol. The summed E-state index contributed by atoms with van der Waals surface area (Å²) < 4.78 is 1.72. The monoisotopic (exact) mass is 372 g/mol. The number of nitrogens with zero attached hydrogens (tertiary/aromatic N) is 2. The number of hydrogen-bond donors (Lipinski definition) is 2. The molecule has 0 aliphatic carbocycles. The molecule has 0 radical (unpaired) electrons. The SMILES string of the molecule is Cn1cccc1C(=O)NC1CC2C(=O)Nc3cc(Cl)ccc3C(=O)N2C1. The number of hydrogen-bond acceptors (Lipinski definition) is 3. The lowest BCUT2D eigenvalue weighted by molar-refractivity contribution is -0.119. The topological polar surface area (TPSA) is 83.4 Å². The summed E-state index contributed by atoms with van der Waals surface area (Å²) in [5.74, 6) is -0.731. The van der Waals surface area contributed by atoms with Gasteiger partial charge in [-0.05, 0) is 36.8 Å². The van der Waals surface area contributed by atoms with Gasteiger partial charge in [-0.1, -0.05) is 11.6 Å². The number of rotatable bonds is 2. The van der Waals surface area contributed by atoms with E-state index < -0.39 is 6.04 Å². The molecule has 2 atom stereocenters. The molecule has 0 bridgehead atoms. The average Bonchev–Trinajstić information content (AvgIpc) is 3.18. The van der Waals surface area contributed by atoms with Gasteiger partial charge in [0.05, 0.1) is 11.3 Å². The van der Waals surface area contributed by atoms with Crippen molar-refractivity contribution in [2.45, 2.75) is 18.5 Å². The van der Waals surface area contributed by atoms with Crippen LogP contribution in [0.4, 0.5) is 5.69 Å². The largest absolute Gasteiger partial charge is 0.347 e. The first-order chi connectivity index (χ1) is 12.4. The van der Waals surface area contributed by atoms with Crippen molar-refractivity contribution in [3.63, 3.8) is 0 Å². The van der Waals surface area contributed by atoms with E-state index in [0.717, 1.165) is 0 Å². The molecule has 2 N–H and O–H groups in total. The van der Waals surface area contributed by atoms with Gasteiger partial charge in [0.2, 0.25) is 5.91 Å². The molecule has 1 aromatic heterocycles. The Kier molecular flexibility index (Phi) is 3.96. The van der Waals surface area contributed by atoms with Crippen molar-refractivity contribution in [3.8, 4) is 0 Å². The Hall–Kier alpha value is -2.80. The molecule has 2 aromatic rings. The normalized spacial score (nSPS) is 21.7. The van der Waals surface area contributed by atoms with E-state index >= 15 is 0 Å². The first-order valence-corrected chi connectivity index (χ1v) is 8.65. The number of fused-ring (bicyclic) bond motifs is 2. The fraction of sp³-hybridized carbons (Fsp3) is 0.278. The second-order valence-electron chi connectivity index (χ2n) is 6.56. The lowest BCUT2D eigenvalue weighted by Crippen LogP contribution is -2.41. The highest BCUT2D eigenvalue weighted by atomic mass is 35.5. The number of benzene rings is 1. The Morgan fingerprint density at radius 3 is 2.85 bits per heavy atom. The van der Waals surface area contributed by atoms with Gasteiger partial charge in [0, 0.05) is 30.9 Å². The Morgan fingerprint density at radius 2 is 2.12 bits per heavy atom. The number of carbonyl (C=O) groups is 3. The van der Waals surface area contributed by atoms with Crippen LogP contribution in [-0.4, -0.2) is 45.8 Å². The van der Waals surface area contributed by atoms with E-state index in [2.05, 4.69) is 10.6 Å². The molecule has 8 heteroatoms. The molecule has 2 unspecified atom stereocenters. The van der Waals surface area contributed by atoms with Crippen molar-refractivity contribution in [2.24, 2.45) is 7.05 Å². The van der Waals surface area contributed by atoms with Crippen LogP contribution in [0.3, 0.4) is 0 Å². The summed E-state index contributed by atoms with van der Waals surface area (Å²) in [6.45, 7) is 0.287. The molecule has 26 heavy (non-hydrogen) atoms. The van der Waals surface area contributed by atoms with Crippen LogP contribution in [0.5, 0.6) is 0 Å². The van der Waals surface area contributed by atoms with Crippen LogP contribution >= 0.6 is 11.6 Å². The molecule has 2 aliphatic heterocycles. The molecular formula is C18H17ClN4O3. The summed E-state index contributed by atoms with van der Waals surface area (Å²) >= 11 is 5.96. The van der Waals surface area contributed by atoms with E-state index in [-0.39, 0.29) is 30.3 Å². The van der Waals surface area contributed by atoms with Gasteiger partial charge in [0.25, 0.3) is 11.8 Å². The fourth-order valence-electron chi connectivity index (χ4n) is 3.55. The van der Waals surface area contributed by atoms with E-state index in [1.165, 1.54) is 4.90 Å². The van der Waals surface area contributed by atoms with Gasteiger partial charge in [0.1, 0.15) is 11.7 Å². The van der Waals surface area contributed by atoms with Gasteiger partial charge >= 0.3 is 0 Å². The minimum absolute atomic E-state index is 0.222. The Bertz CT molecular complexity index is 923. The molecule has 1 fully saturated rings. The van der Waals surface area contributed by atoms with Crippen LogP contribution in [0.15, 0.2) is 36.5 Å². The highest BCUT2D eigenvalue weighted by Crippen LogP contribution is 2.30. The first-order valence-electron chi connectivity index (χ1n) is 8.27. The van der Waals surface area contributed by atoms with Crippen LogP contribution in [0.2, 0.25) is 5.02 Å². The van der Waals surface area contributed by atoms with E-state index in [4.69, 9.17) is 11.6 Å². The summed E-state index contributed by atoms with van der Waals surface area (Å²) in [4.78, 5) is 39.4. The van der Waals surface area contributed by atoms with Crippen molar-refractivity contribution < 1.29 is 14.4 Å². The average molecular weight is 373 g/mol. The number of aromatic nitrogens is 1. The molecule has 4 rings (SSSR count). The second-order valence-corrected chi connectivity index (χ2v) is 7.00. The summed E-state index contributed by atoms with van der Waals surface area (Å²) in [5.41, 5.74) is 1.36. The summed E-state index contributed by atoms with van der Waals surface area (Å²) in [7, 11) is 1.79. The maximum absolute atomic E-state index is 12.9. The standard InChI is InChI=1S/C18H17ClN4O3/c1-22-6-2-3-14(22)16(24)20-11-8-15-17(25)21-13-7-10(19)4-5-12(13)18(26)23(15)9-11/h2-7,11,15H,8-9H2,1H3,(H,20,24)(H,21,25). The van der Waals surface area contributed by atoms with Crippen LogP contribution in [0.25, 0.3) is 0 Å². The number of anilines is 1. The van der Waals surface area contributed by atoms with Crippen LogP contribution in [-0.2, 0) is 11.8 Å². The summed E-state index contributed by atoms with van der Waals surface area (Å²) in [5, 5.41) is 6.14. The smallest absolute Gasteiger partial charge is 0.268 e. The summed E-state index contributed by atoms with van der Waals surface area (Å²) in [6.07, 6.45) is 2.16. The van der Waals surface area contributed by atoms with Crippen molar-refractivity contribution in [1.82, 2.24) is 14.8 Å². The molecular weight excluding hydrogens is 356 g/mol. The van der Waals surface area contributed by atoms with Gasteiger partial charge in [-0.2, -0.15) is 0 Å². The maximum Gasteiger partial charge on any atom is 0.268 e. The fourth-order valence-corrected chi connectivity index (χ4v) is 3.72. The minimum atomic E-state index is -0.618. The van der Waals surface area contributed by atoms with Crippen molar-refractivity contribution in [2.75, 3.05) is 11.9 Å². The quantitative estimate of drug-likeness (QED) is 0.840. The first kappa shape index (κ1) is 16.7. The van der Waals surface area contributed by atoms with E-state index in [0.29, 0.717) is 28.4 Å². The highest BCUT2D eigenvalue weighted by molar-refractivity contribution is 6.31. The zero-order chi connectivity index (χ0) is 18.4. The number of nitrogens with one attached hydrogen (secondary N) is 2. The van der Waals surface area contributed by atoms with Gasteiger partial charge in [0.15, 0.2) is 0 Å². The Morgan fingerprint density at radius 1 is 1.31 bits per heavy atom. The molecule has 0 saturated carbocycles. The van der Waals surface area contributed by atoms with Crippen molar-refractivity contribution >= 4 is 35.0 Å². The predicted octanol–water partition coefficient (Wildman–Crippen LogP) is 1.64.